The van der Waals surface area contributed by atoms with Gasteiger partial charge in [0.25, 0.3) is 5.91 Å². The number of carbonyl (C=O) groups is 1. The highest BCUT2D eigenvalue weighted by Crippen LogP contribution is 2.42. The smallest absolute Gasteiger partial charge is 0.258 e. The number of amidine groups is 1. The topological polar surface area (TPSA) is 117 Å². The molecule has 2 unspecified atom stereocenters. The van der Waals surface area contributed by atoms with E-state index in [0.29, 0.717) is 5.56 Å². The van der Waals surface area contributed by atoms with Crippen molar-refractivity contribution in [3.05, 3.63) is 41.9 Å². The SMILES string of the molecule is Cc1ccc(C(=O)NC2=N/COCN(C3O[C@H](CO)[C@H](O)C3(F)I)/C=C\2)cn1. The lowest BCUT2D eigenvalue weighted by Gasteiger charge is -2.32. The van der Waals surface area contributed by atoms with Crippen molar-refractivity contribution in [2.24, 2.45) is 4.99 Å². The Morgan fingerprint density at radius 1 is 1.54 bits per heavy atom. The van der Waals surface area contributed by atoms with E-state index in [-0.39, 0.29) is 19.3 Å². The Bertz CT molecular complexity index is 773. The van der Waals surface area contributed by atoms with Crippen LogP contribution in [0.1, 0.15) is 16.1 Å². The number of alkyl halides is 2. The van der Waals surface area contributed by atoms with Crippen LogP contribution in [0.5, 0.6) is 0 Å². The highest BCUT2D eigenvalue weighted by atomic mass is 127. The number of aliphatic imine (C=N–C) groups is 1. The van der Waals surface area contributed by atoms with E-state index in [4.69, 9.17) is 9.47 Å². The van der Waals surface area contributed by atoms with E-state index in [1.807, 2.05) is 6.92 Å². The van der Waals surface area contributed by atoms with E-state index >= 15 is 0 Å². The first-order chi connectivity index (χ1) is 13.3. The van der Waals surface area contributed by atoms with Gasteiger partial charge in [-0.1, -0.05) is 0 Å². The molecule has 1 aromatic rings. The predicted octanol–water partition coefficient (Wildman–Crippen LogP) is 0.458. The summed E-state index contributed by atoms with van der Waals surface area (Å²) >= 11 is 1.46. The fraction of sp³-hybridized carbons (Fsp3) is 0.471. The second kappa shape index (κ2) is 8.78. The molecule has 1 fully saturated rings. The molecule has 11 heteroatoms. The van der Waals surface area contributed by atoms with Crippen molar-refractivity contribution in [3.8, 4) is 0 Å². The molecule has 3 heterocycles. The Balaban J connectivity index is 1.72. The minimum Gasteiger partial charge on any atom is -0.394 e. The summed E-state index contributed by atoms with van der Waals surface area (Å²) in [6, 6.07) is 3.36. The number of nitrogens with zero attached hydrogens (tertiary/aromatic N) is 3. The number of pyridine rings is 1. The fourth-order valence-electron chi connectivity index (χ4n) is 2.71. The lowest BCUT2D eigenvalue weighted by Crippen LogP contribution is -2.47. The highest BCUT2D eigenvalue weighted by Gasteiger charge is 2.57. The number of ether oxygens (including phenoxy) is 2. The number of aliphatic hydroxyl groups is 2. The largest absolute Gasteiger partial charge is 0.394 e. The summed E-state index contributed by atoms with van der Waals surface area (Å²) in [6.07, 6.45) is 0.660. The number of hydrogen-bond acceptors (Lipinski definition) is 8. The quantitative estimate of drug-likeness (QED) is 0.403. The Morgan fingerprint density at radius 2 is 2.32 bits per heavy atom. The Morgan fingerprint density at radius 3 is 2.96 bits per heavy atom. The number of aryl methyl sites for hydroxylation is 1. The molecular formula is C17H20FIN4O5. The van der Waals surface area contributed by atoms with E-state index in [1.54, 1.807) is 12.1 Å². The van der Waals surface area contributed by atoms with Crippen LogP contribution in [0.25, 0.3) is 0 Å². The summed E-state index contributed by atoms with van der Waals surface area (Å²) in [7, 11) is 0. The molecule has 2 aliphatic heterocycles. The lowest BCUT2D eigenvalue weighted by molar-refractivity contribution is -0.104. The fourth-order valence-corrected chi connectivity index (χ4v) is 3.61. The van der Waals surface area contributed by atoms with E-state index in [1.165, 1.54) is 46.0 Å². The first-order valence-electron chi connectivity index (χ1n) is 8.45. The average molecular weight is 506 g/mol. The molecule has 0 aromatic carbocycles. The molecule has 0 bridgehead atoms. The molecule has 9 nitrogen and oxygen atoms in total. The van der Waals surface area contributed by atoms with Gasteiger partial charge in [0.05, 0.1) is 12.2 Å². The molecule has 28 heavy (non-hydrogen) atoms. The van der Waals surface area contributed by atoms with Gasteiger partial charge in [0.2, 0.25) is 3.68 Å². The van der Waals surface area contributed by atoms with Crippen molar-refractivity contribution < 1.29 is 28.9 Å². The standard InChI is InChI=1S/C17H20FIN4O5/c1-10-2-3-11(6-20-10)15(26)22-13-4-5-23(9-27-8-21-13)16-17(18,19)14(25)12(7-24)28-16/h2-6,12,14,16,24-25H,7-9H2,1H3,(H,21,22,26)/b5-4-/t12-,14+,16?,17?/m1/s1. The van der Waals surface area contributed by atoms with E-state index in [9.17, 15) is 19.4 Å². The number of aliphatic hydroxyl groups excluding tert-OH is 2. The zero-order valence-corrected chi connectivity index (χ0v) is 17.1. The van der Waals surface area contributed by atoms with Crippen molar-refractivity contribution in [2.75, 3.05) is 20.1 Å². The molecule has 0 saturated carbocycles. The first-order valence-corrected chi connectivity index (χ1v) is 9.53. The van der Waals surface area contributed by atoms with Gasteiger partial charge in [0.15, 0.2) is 6.23 Å². The molecule has 0 aliphatic carbocycles. The summed E-state index contributed by atoms with van der Waals surface area (Å²) in [5, 5.41) is 21.9. The monoisotopic (exact) mass is 506 g/mol. The number of rotatable bonds is 3. The van der Waals surface area contributed by atoms with E-state index in [0.717, 1.165) is 5.69 Å². The Kier molecular flexibility index (Phi) is 6.60. The molecule has 4 atom stereocenters. The molecule has 1 aromatic heterocycles. The molecule has 1 amide bonds. The van der Waals surface area contributed by atoms with Gasteiger partial charge in [-0.15, -0.1) is 0 Å². The normalized spacial score (nSPS) is 33.5. The maximum Gasteiger partial charge on any atom is 0.258 e. The van der Waals surface area contributed by atoms with Gasteiger partial charge in [-0.05, 0) is 47.7 Å². The van der Waals surface area contributed by atoms with Crippen LogP contribution in [0.2, 0.25) is 0 Å². The van der Waals surface area contributed by atoms with Crippen LogP contribution in [-0.2, 0) is 9.47 Å². The summed E-state index contributed by atoms with van der Waals surface area (Å²) in [5.74, 6) is -0.185. The van der Waals surface area contributed by atoms with Crippen LogP contribution >= 0.6 is 22.6 Å². The van der Waals surface area contributed by atoms with Crippen molar-refractivity contribution >= 4 is 34.3 Å². The molecular weight excluding hydrogens is 486 g/mol. The van der Waals surface area contributed by atoms with Crippen LogP contribution in [0, 0.1) is 6.92 Å². The van der Waals surface area contributed by atoms with Gasteiger partial charge in [-0.3, -0.25) is 9.78 Å². The summed E-state index contributed by atoms with van der Waals surface area (Å²) in [5.41, 5.74) is 1.15. The zero-order valence-electron chi connectivity index (χ0n) is 15.0. The zero-order chi connectivity index (χ0) is 20.3. The van der Waals surface area contributed by atoms with Gasteiger partial charge in [-0.25, -0.2) is 9.38 Å². The van der Waals surface area contributed by atoms with Gasteiger partial charge in [0, 0.05) is 18.1 Å². The lowest BCUT2D eigenvalue weighted by atomic mass is 10.1. The maximum absolute atomic E-state index is 14.9. The maximum atomic E-state index is 14.9. The molecule has 1 saturated heterocycles. The second-order valence-corrected chi connectivity index (χ2v) is 7.96. The molecule has 152 valence electrons. The number of carbonyl (C=O) groups excluding carboxylic acids is 1. The van der Waals surface area contributed by atoms with Crippen molar-refractivity contribution in [1.29, 1.82) is 0 Å². The summed E-state index contributed by atoms with van der Waals surface area (Å²) < 4.78 is 23.6. The average Bonchev–Trinajstić information content (AvgIpc) is 2.88. The minimum atomic E-state index is -2.16. The molecule has 0 spiro atoms. The van der Waals surface area contributed by atoms with Crippen LogP contribution < -0.4 is 5.32 Å². The van der Waals surface area contributed by atoms with E-state index < -0.39 is 34.6 Å². The molecule has 3 rings (SSSR count). The third kappa shape index (κ3) is 4.49. The van der Waals surface area contributed by atoms with Gasteiger partial charge < -0.3 is 29.9 Å². The number of halogens is 2. The van der Waals surface area contributed by atoms with Crippen molar-refractivity contribution in [1.82, 2.24) is 15.2 Å². The number of aromatic nitrogens is 1. The number of nitrogens with one attached hydrogen (secondary N) is 1. The van der Waals surface area contributed by atoms with Gasteiger partial charge in [0.1, 0.15) is 31.5 Å². The van der Waals surface area contributed by atoms with Crippen LogP contribution in [0.3, 0.4) is 0 Å². The summed E-state index contributed by atoms with van der Waals surface area (Å²) in [6.45, 7) is 1.18. The third-order valence-corrected chi connectivity index (χ3v) is 5.44. The highest BCUT2D eigenvalue weighted by molar-refractivity contribution is 14.1. The van der Waals surface area contributed by atoms with Crippen molar-refractivity contribution in [3.63, 3.8) is 0 Å². The Labute approximate surface area is 174 Å². The number of amides is 1. The second-order valence-electron chi connectivity index (χ2n) is 6.31. The van der Waals surface area contributed by atoms with Crippen LogP contribution in [0.15, 0.2) is 35.6 Å². The van der Waals surface area contributed by atoms with Gasteiger partial charge >= 0.3 is 0 Å². The first kappa shape index (κ1) is 21.0. The molecule has 3 N–H and O–H groups in total. The minimum absolute atomic E-state index is 0.0483. The predicted molar refractivity (Wildman–Crippen MR) is 105 cm³/mol. The van der Waals surface area contributed by atoms with Crippen LogP contribution in [0.4, 0.5) is 4.39 Å². The molecule has 0 radical (unpaired) electrons. The van der Waals surface area contributed by atoms with Gasteiger partial charge in [-0.2, -0.15) is 0 Å². The number of hydrogen-bond donors (Lipinski definition) is 3. The van der Waals surface area contributed by atoms with E-state index in [2.05, 4.69) is 15.3 Å². The third-order valence-electron chi connectivity index (χ3n) is 4.27. The molecule has 2 aliphatic rings. The Hall–Kier alpha value is -1.67. The van der Waals surface area contributed by atoms with Crippen molar-refractivity contribution in [2.45, 2.75) is 29.0 Å². The van der Waals surface area contributed by atoms with Crippen LogP contribution in [-0.4, -0.2) is 74.0 Å². The summed E-state index contributed by atoms with van der Waals surface area (Å²) in [4.78, 5) is 21.9.